The van der Waals surface area contributed by atoms with Gasteiger partial charge in [0.2, 0.25) is 5.95 Å². The van der Waals surface area contributed by atoms with E-state index < -0.39 is 5.95 Å². The van der Waals surface area contributed by atoms with E-state index in [9.17, 15) is 9.18 Å². The van der Waals surface area contributed by atoms with Gasteiger partial charge in [0.1, 0.15) is 5.76 Å². The maximum Gasteiger partial charge on any atom is 0.251 e. The molecule has 0 aliphatic rings. The van der Waals surface area contributed by atoms with E-state index in [1.54, 1.807) is 13.8 Å². The molecule has 2 aromatic heterocycles. The minimum Gasteiger partial charge on any atom is -0.361 e. The van der Waals surface area contributed by atoms with E-state index in [0.717, 1.165) is 17.3 Å². The quantitative estimate of drug-likeness (QED) is 0.863. The lowest BCUT2D eigenvalue weighted by atomic mass is 10.1. The van der Waals surface area contributed by atoms with Crippen molar-refractivity contribution < 1.29 is 13.7 Å². The van der Waals surface area contributed by atoms with Gasteiger partial charge >= 0.3 is 0 Å². The fourth-order valence-corrected chi connectivity index (χ4v) is 2.00. The summed E-state index contributed by atoms with van der Waals surface area (Å²) in [6.45, 7) is 5.41. The number of carbonyl (C=O) groups excluding carboxylic acids is 1. The van der Waals surface area contributed by atoms with Gasteiger partial charge in [-0.1, -0.05) is 5.16 Å². The number of amides is 1. The Morgan fingerprint density at radius 2 is 2.21 bits per heavy atom. The molecule has 2 aromatic rings. The first-order chi connectivity index (χ1) is 8.99. The summed E-state index contributed by atoms with van der Waals surface area (Å²) in [6.07, 6.45) is 1.25. The van der Waals surface area contributed by atoms with Crippen molar-refractivity contribution in [2.24, 2.45) is 0 Å². The molecule has 5 nitrogen and oxygen atoms in total. The number of hydrogen-bond acceptors (Lipinski definition) is 4. The van der Waals surface area contributed by atoms with E-state index >= 15 is 0 Å². The first-order valence-corrected chi connectivity index (χ1v) is 5.84. The van der Waals surface area contributed by atoms with E-state index in [2.05, 4.69) is 15.5 Å². The lowest BCUT2D eigenvalue weighted by molar-refractivity contribution is 0.0939. The predicted molar refractivity (Wildman–Crippen MR) is 66.1 cm³/mol. The summed E-state index contributed by atoms with van der Waals surface area (Å²) in [4.78, 5) is 15.4. The monoisotopic (exact) mass is 263 g/mol. The topological polar surface area (TPSA) is 68.0 Å². The van der Waals surface area contributed by atoms with Crippen LogP contribution in [0.15, 0.2) is 22.9 Å². The van der Waals surface area contributed by atoms with Gasteiger partial charge in [0.05, 0.1) is 11.7 Å². The SMILES string of the molecule is Cc1noc(C)c1C(C)NC(=O)c1ccnc(F)c1. The summed E-state index contributed by atoms with van der Waals surface area (Å²) in [5.74, 6) is -0.391. The first-order valence-electron chi connectivity index (χ1n) is 5.84. The van der Waals surface area contributed by atoms with Crippen molar-refractivity contribution >= 4 is 5.91 Å². The highest BCUT2D eigenvalue weighted by Gasteiger charge is 2.19. The van der Waals surface area contributed by atoms with Crippen molar-refractivity contribution in [1.82, 2.24) is 15.5 Å². The largest absolute Gasteiger partial charge is 0.361 e. The zero-order valence-electron chi connectivity index (χ0n) is 10.9. The van der Waals surface area contributed by atoms with E-state index in [1.165, 1.54) is 12.3 Å². The van der Waals surface area contributed by atoms with Crippen LogP contribution in [0.4, 0.5) is 4.39 Å². The van der Waals surface area contributed by atoms with Crippen LogP contribution in [0.5, 0.6) is 0 Å². The number of nitrogens with zero attached hydrogens (tertiary/aromatic N) is 2. The molecule has 0 saturated heterocycles. The fraction of sp³-hybridized carbons (Fsp3) is 0.308. The molecule has 2 heterocycles. The zero-order chi connectivity index (χ0) is 14.0. The normalized spacial score (nSPS) is 12.2. The van der Waals surface area contributed by atoms with Gasteiger partial charge in [-0.05, 0) is 26.8 Å². The maximum atomic E-state index is 13.0. The van der Waals surface area contributed by atoms with Crippen molar-refractivity contribution in [3.63, 3.8) is 0 Å². The molecule has 1 unspecified atom stereocenters. The van der Waals surface area contributed by atoms with Gasteiger partial charge in [-0.2, -0.15) is 4.39 Å². The number of hydrogen-bond donors (Lipinski definition) is 1. The number of pyridine rings is 1. The summed E-state index contributed by atoms with van der Waals surface area (Å²) in [5.41, 5.74) is 1.79. The molecule has 1 N–H and O–H groups in total. The minimum atomic E-state index is -0.683. The molecule has 19 heavy (non-hydrogen) atoms. The second kappa shape index (κ2) is 5.17. The van der Waals surface area contributed by atoms with Crippen molar-refractivity contribution in [1.29, 1.82) is 0 Å². The van der Waals surface area contributed by atoms with Gasteiger partial charge in [0.15, 0.2) is 0 Å². The van der Waals surface area contributed by atoms with Crippen LogP contribution >= 0.6 is 0 Å². The molecule has 0 aliphatic heterocycles. The molecule has 0 bridgehead atoms. The Kier molecular flexibility index (Phi) is 3.59. The first kappa shape index (κ1) is 13.2. The third-order valence-electron chi connectivity index (χ3n) is 2.86. The van der Waals surface area contributed by atoms with Crippen molar-refractivity contribution in [3.8, 4) is 0 Å². The number of aryl methyl sites for hydroxylation is 2. The highest BCUT2D eigenvalue weighted by Crippen LogP contribution is 2.21. The Balaban J connectivity index is 2.15. The van der Waals surface area contributed by atoms with Crippen molar-refractivity contribution in [3.05, 3.63) is 46.9 Å². The Morgan fingerprint density at radius 1 is 1.47 bits per heavy atom. The summed E-state index contributed by atoms with van der Waals surface area (Å²) >= 11 is 0. The van der Waals surface area contributed by atoms with Crippen molar-refractivity contribution in [2.45, 2.75) is 26.8 Å². The fourth-order valence-electron chi connectivity index (χ4n) is 2.00. The van der Waals surface area contributed by atoms with Gasteiger partial charge in [0.25, 0.3) is 5.91 Å². The molecule has 1 amide bonds. The summed E-state index contributed by atoms with van der Waals surface area (Å²) < 4.78 is 18.0. The third kappa shape index (κ3) is 2.78. The predicted octanol–water partition coefficient (Wildman–Crippen LogP) is 2.32. The highest BCUT2D eigenvalue weighted by atomic mass is 19.1. The second-order valence-electron chi connectivity index (χ2n) is 4.30. The molecular formula is C13H14FN3O2. The van der Waals surface area contributed by atoms with Crippen LogP contribution in [-0.2, 0) is 0 Å². The Morgan fingerprint density at radius 3 is 2.79 bits per heavy atom. The number of halogens is 1. The molecular weight excluding hydrogens is 249 g/mol. The lowest BCUT2D eigenvalue weighted by Gasteiger charge is -2.13. The molecule has 0 saturated carbocycles. The Bertz CT molecular complexity index is 590. The molecule has 100 valence electrons. The smallest absolute Gasteiger partial charge is 0.251 e. The molecule has 0 fully saturated rings. The molecule has 0 radical (unpaired) electrons. The van der Waals surface area contributed by atoms with Crippen LogP contribution in [0, 0.1) is 19.8 Å². The van der Waals surface area contributed by atoms with Crippen LogP contribution in [0.3, 0.4) is 0 Å². The molecule has 2 rings (SSSR count). The number of carbonyl (C=O) groups is 1. The molecule has 0 aliphatic carbocycles. The third-order valence-corrected chi connectivity index (χ3v) is 2.86. The van der Waals surface area contributed by atoms with Crippen LogP contribution in [0.25, 0.3) is 0 Å². The van der Waals surface area contributed by atoms with E-state index in [0.29, 0.717) is 5.76 Å². The standard InChI is InChI=1S/C13H14FN3O2/c1-7(12-8(2)17-19-9(12)3)16-13(18)10-4-5-15-11(14)6-10/h4-7H,1-3H3,(H,16,18). The summed E-state index contributed by atoms with van der Waals surface area (Å²) in [6, 6.07) is 2.28. The summed E-state index contributed by atoms with van der Waals surface area (Å²) in [7, 11) is 0. The minimum absolute atomic E-state index is 0.228. The number of rotatable bonds is 3. The van der Waals surface area contributed by atoms with E-state index in [4.69, 9.17) is 4.52 Å². The van der Waals surface area contributed by atoms with Crippen LogP contribution in [-0.4, -0.2) is 16.0 Å². The van der Waals surface area contributed by atoms with Gasteiger partial charge in [-0.3, -0.25) is 4.79 Å². The zero-order valence-corrected chi connectivity index (χ0v) is 10.9. The Hall–Kier alpha value is -2.24. The number of aromatic nitrogens is 2. The van der Waals surface area contributed by atoms with Gasteiger partial charge in [-0.15, -0.1) is 0 Å². The summed E-state index contributed by atoms with van der Waals surface area (Å²) in [5, 5.41) is 6.61. The van der Waals surface area contributed by atoms with E-state index in [-0.39, 0.29) is 17.5 Å². The Labute approximate surface area is 109 Å². The van der Waals surface area contributed by atoms with Crippen molar-refractivity contribution in [2.75, 3.05) is 0 Å². The number of nitrogens with one attached hydrogen (secondary N) is 1. The maximum absolute atomic E-state index is 13.0. The van der Waals surface area contributed by atoms with Gasteiger partial charge < -0.3 is 9.84 Å². The van der Waals surface area contributed by atoms with E-state index in [1.807, 2.05) is 6.92 Å². The van der Waals surface area contributed by atoms with Crippen LogP contribution in [0.2, 0.25) is 0 Å². The lowest BCUT2D eigenvalue weighted by Crippen LogP contribution is -2.27. The highest BCUT2D eigenvalue weighted by molar-refractivity contribution is 5.94. The molecule has 0 spiro atoms. The molecule has 1 atom stereocenters. The van der Waals surface area contributed by atoms with Crippen LogP contribution < -0.4 is 5.32 Å². The average molecular weight is 263 g/mol. The average Bonchev–Trinajstić information content (AvgIpc) is 2.69. The van der Waals surface area contributed by atoms with Crippen LogP contribution in [0.1, 0.15) is 40.3 Å². The molecule has 0 aromatic carbocycles. The molecule has 6 heteroatoms. The van der Waals surface area contributed by atoms with Gasteiger partial charge in [-0.25, -0.2) is 4.98 Å². The second-order valence-corrected chi connectivity index (χ2v) is 4.30. The van der Waals surface area contributed by atoms with Gasteiger partial charge in [0, 0.05) is 23.4 Å².